The zero-order chi connectivity index (χ0) is 13.5. The number of ether oxygens (including phenoxy) is 1. The molecule has 0 aromatic heterocycles. The molecule has 0 heterocycles. The molecule has 0 rings (SSSR count). The van der Waals surface area contributed by atoms with Crippen LogP contribution in [0.4, 0.5) is 0 Å². The first-order valence-corrected chi connectivity index (χ1v) is 7.11. The quantitative estimate of drug-likeness (QED) is 0.591. The molecule has 7 heteroatoms. The van der Waals surface area contributed by atoms with Gasteiger partial charge in [0.15, 0.2) is 5.25 Å². The Hall–Kier alpha value is -0.660. The molecular formula is C10H21NO5S. The molecule has 0 saturated carbocycles. The van der Waals surface area contributed by atoms with Crippen LogP contribution in [0.15, 0.2) is 0 Å². The van der Waals surface area contributed by atoms with Gasteiger partial charge >= 0.3 is 5.97 Å². The summed E-state index contributed by atoms with van der Waals surface area (Å²) in [5.41, 5.74) is 0. The Labute approximate surface area is 102 Å². The van der Waals surface area contributed by atoms with E-state index in [0.717, 1.165) is 13.3 Å². The molecule has 0 aromatic carbocycles. The van der Waals surface area contributed by atoms with E-state index in [0.29, 0.717) is 12.5 Å². The maximum atomic E-state index is 11.4. The van der Waals surface area contributed by atoms with Crippen LogP contribution in [0.2, 0.25) is 0 Å². The highest BCUT2D eigenvalue weighted by Gasteiger charge is 2.26. The number of nitrogens with one attached hydrogen (secondary N) is 1. The highest BCUT2D eigenvalue weighted by atomic mass is 32.2. The van der Waals surface area contributed by atoms with Crippen LogP contribution >= 0.6 is 0 Å². The molecule has 0 aromatic rings. The van der Waals surface area contributed by atoms with E-state index in [-0.39, 0.29) is 13.2 Å². The summed E-state index contributed by atoms with van der Waals surface area (Å²) < 4.78 is 30.1. The van der Waals surface area contributed by atoms with Gasteiger partial charge in [-0.25, -0.2) is 13.1 Å². The van der Waals surface area contributed by atoms with Crippen molar-refractivity contribution in [1.29, 1.82) is 0 Å². The fourth-order valence-electron chi connectivity index (χ4n) is 0.935. The number of carboxylic acids is 1. The molecule has 0 bridgehead atoms. The largest absolute Gasteiger partial charge is 0.480 e. The zero-order valence-electron chi connectivity index (χ0n) is 10.5. The zero-order valence-corrected chi connectivity index (χ0v) is 11.3. The summed E-state index contributed by atoms with van der Waals surface area (Å²) in [4.78, 5) is 10.5. The molecule has 0 spiro atoms. The third-order valence-electron chi connectivity index (χ3n) is 2.20. The minimum Gasteiger partial charge on any atom is -0.480 e. The highest BCUT2D eigenvalue weighted by molar-refractivity contribution is 7.90. The SMILES string of the molecule is CC(C)CCOCCNS(=O)(=O)C(C)C(=O)O. The van der Waals surface area contributed by atoms with Gasteiger partial charge in [0.25, 0.3) is 0 Å². The second-order valence-electron chi connectivity index (χ2n) is 4.21. The molecule has 1 atom stereocenters. The molecule has 6 nitrogen and oxygen atoms in total. The lowest BCUT2D eigenvalue weighted by Gasteiger charge is -2.10. The van der Waals surface area contributed by atoms with Crippen molar-refractivity contribution in [2.45, 2.75) is 32.4 Å². The Morgan fingerprint density at radius 1 is 1.29 bits per heavy atom. The van der Waals surface area contributed by atoms with E-state index in [2.05, 4.69) is 18.6 Å². The summed E-state index contributed by atoms with van der Waals surface area (Å²) in [7, 11) is -3.79. The third kappa shape index (κ3) is 7.30. The smallest absolute Gasteiger partial charge is 0.323 e. The summed E-state index contributed by atoms with van der Waals surface area (Å²) in [6, 6.07) is 0. The molecular weight excluding hydrogens is 246 g/mol. The summed E-state index contributed by atoms with van der Waals surface area (Å²) >= 11 is 0. The van der Waals surface area contributed by atoms with Crippen molar-refractivity contribution < 1.29 is 23.1 Å². The van der Waals surface area contributed by atoms with E-state index < -0.39 is 21.2 Å². The molecule has 0 saturated heterocycles. The predicted octanol–water partition coefficient (Wildman–Crippen LogP) is 0.442. The Morgan fingerprint density at radius 3 is 2.35 bits per heavy atom. The second kappa shape index (κ2) is 7.62. The molecule has 2 N–H and O–H groups in total. The first kappa shape index (κ1) is 16.3. The van der Waals surface area contributed by atoms with E-state index in [1.54, 1.807) is 0 Å². The number of hydrogen-bond acceptors (Lipinski definition) is 4. The van der Waals surface area contributed by atoms with Gasteiger partial charge in [0.05, 0.1) is 6.61 Å². The normalized spacial score (nSPS) is 13.9. The van der Waals surface area contributed by atoms with Crippen LogP contribution in [0.1, 0.15) is 27.2 Å². The summed E-state index contributed by atoms with van der Waals surface area (Å²) in [6.45, 7) is 6.19. The van der Waals surface area contributed by atoms with Gasteiger partial charge in [-0.2, -0.15) is 0 Å². The Kier molecular flexibility index (Phi) is 7.33. The highest BCUT2D eigenvalue weighted by Crippen LogP contribution is 1.99. The second-order valence-corrected chi connectivity index (χ2v) is 6.30. The predicted molar refractivity (Wildman–Crippen MR) is 64.3 cm³/mol. The van der Waals surface area contributed by atoms with Crippen molar-refractivity contribution in [2.24, 2.45) is 5.92 Å². The lowest BCUT2D eigenvalue weighted by atomic mass is 10.1. The standard InChI is InChI=1S/C10H21NO5S/c1-8(2)4-6-16-7-5-11-17(14,15)9(3)10(12)13/h8-9,11H,4-7H2,1-3H3,(H,12,13). The molecule has 0 amide bonds. The van der Waals surface area contributed by atoms with Crippen molar-refractivity contribution in [3.63, 3.8) is 0 Å². The maximum absolute atomic E-state index is 11.4. The fraction of sp³-hybridized carbons (Fsp3) is 0.900. The van der Waals surface area contributed by atoms with Crippen LogP contribution in [-0.2, 0) is 19.6 Å². The van der Waals surface area contributed by atoms with E-state index in [1.165, 1.54) is 0 Å². The van der Waals surface area contributed by atoms with E-state index in [4.69, 9.17) is 9.84 Å². The third-order valence-corrected chi connectivity index (χ3v) is 3.94. The van der Waals surface area contributed by atoms with Gasteiger partial charge in [-0.05, 0) is 19.3 Å². The van der Waals surface area contributed by atoms with Gasteiger partial charge in [-0.3, -0.25) is 4.79 Å². The maximum Gasteiger partial charge on any atom is 0.323 e. The number of aliphatic carboxylic acids is 1. The van der Waals surface area contributed by atoms with Crippen LogP contribution in [-0.4, -0.2) is 44.5 Å². The average Bonchev–Trinajstić information content (AvgIpc) is 2.21. The van der Waals surface area contributed by atoms with E-state index in [1.807, 2.05) is 0 Å². The lowest BCUT2D eigenvalue weighted by molar-refractivity contribution is -0.136. The van der Waals surface area contributed by atoms with Gasteiger partial charge in [-0.1, -0.05) is 13.8 Å². The van der Waals surface area contributed by atoms with Gasteiger partial charge in [0, 0.05) is 13.2 Å². The first-order valence-electron chi connectivity index (χ1n) is 5.56. The van der Waals surface area contributed by atoms with Gasteiger partial charge in [0.1, 0.15) is 0 Å². The monoisotopic (exact) mass is 267 g/mol. The Morgan fingerprint density at radius 2 is 1.88 bits per heavy atom. The van der Waals surface area contributed by atoms with Crippen molar-refractivity contribution in [3.8, 4) is 0 Å². The van der Waals surface area contributed by atoms with E-state index in [9.17, 15) is 13.2 Å². The molecule has 102 valence electrons. The molecule has 17 heavy (non-hydrogen) atoms. The number of carbonyl (C=O) groups is 1. The molecule has 1 unspecified atom stereocenters. The molecule has 0 radical (unpaired) electrons. The molecule has 0 aliphatic carbocycles. The fourth-order valence-corrected chi connectivity index (χ4v) is 1.82. The molecule has 0 aliphatic rings. The van der Waals surface area contributed by atoms with Gasteiger partial charge < -0.3 is 9.84 Å². The topological polar surface area (TPSA) is 92.7 Å². The first-order chi connectivity index (χ1) is 7.77. The summed E-state index contributed by atoms with van der Waals surface area (Å²) in [5.74, 6) is -0.822. The van der Waals surface area contributed by atoms with Crippen LogP contribution in [0.3, 0.4) is 0 Å². The Balaban J connectivity index is 3.78. The number of carboxylic acid groups (broad SMARTS) is 1. The van der Waals surface area contributed by atoms with Crippen molar-refractivity contribution in [2.75, 3.05) is 19.8 Å². The van der Waals surface area contributed by atoms with Crippen molar-refractivity contribution in [3.05, 3.63) is 0 Å². The van der Waals surface area contributed by atoms with Crippen LogP contribution in [0, 0.1) is 5.92 Å². The minimum absolute atomic E-state index is 0.0953. The van der Waals surface area contributed by atoms with Crippen LogP contribution < -0.4 is 4.72 Å². The summed E-state index contributed by atoms with van der Waals surface area (Å²) in [6.07, 6.45) is 0.915. The number of sulfonamides is 1. The van der Waals surface area contributed by atoms with Crippen LogP contribution in [0.5, 0.6) is 0 Å². The average molecular weight is 267 g/mol. The Bertz CT molecular complexity index is 326. The van der Waals surface area contributed by atoms with Crippen molar-refractivity contribution >= 4 is 16.0 Å². The van der Waals surface area contributed by atoms with Crippen LogP contribution in [0.25, 0.3) is 0 Å². The number of rotatable bonds is 9. The van der Waals surface area contributed by atoms with Crippen molar-refractivity contribution in [1.82, 2.24) is 4.72 Å². The summed E-state index contributed by atoms with van der Waals surface area (Å²) in [5, 5.41) is 7.12. The van der Waals surface area contributed by atoms with Gasteiger partial charge in [0.2, 0.25) is 10.0 Å². The van der Waals surface area contributed by atoms with Gasteiger partial charge in [-0.15, -0.1) is 0 Å². The minimum atomic E-state index is -3.79. The molecule has 0 fully saturated rings. The number of hydrogen-bond donors (Lipinski definition) is 2. The molecule has 0 aliphatic heterocycles. The lowest BCUT2D eigenvalue weighted by Crippen LogP contribution is -2.38. The van der Waals surface area contributed by atoms with E-state index >= 15 is 0 Å².